The summed E-state index contributed by atoms with van der Waals surface area (Å²) in [6.07, 6.45) is 1.56. The lowest BCUT2D eigenvalue weighted by Gasteiger charge is -2.24. The van der Waals surface area contributed by atoms with Gasteiger partial charge < -0.3 is 19.3 Å². The maximum Gasteiger partial charge on any atom is 0.338 e. The number of allylic oxidation sites excluding steroid dienone is 1. The van der Waals surface area contributed by atoms with Gasteiger partial charge in [-0.3, -0.25) is 9.36 Å². The van der Waals surface area contributed by atoms with Gasteiger partial charge >= 0.3 is 5.97 Å². The van der Waals surface area contributed by atoms with Crippen LogP contribution >= 0.6 is 22.9 Å². The molecule has 0 aliphatic carbocycles. The van der Waals surface area contributed by atoms with Gasteiger partial charge in [-0.1, -0.05) is 29.0 Å². The van der Waals surface area contributed by atoms with Crippen LogP contribution in [0.25, 0.3) is 6.08 Å². The van der Waals surface area contributed by atoms with Gasteiger partial charge in [-0.25, -0.2) is 9.79 Å². The second-order valence-corrected chi connectivity index (χ2v) is 9.06. The Hall–Kier alpha value is -3.56. The molecular formula is C24H19ClN2O6S. The van der Waals surface area contributed by atoms with E-state index in [9.17, 15) is 14.7 Å². The molecule has 2 aliphatic heterocycles. The molecule has 1 atom stereocenters. The van der Waals surface area contributed by atoms with E-state index in [1.807, 2.05) is 0 Å². The minimum Gasteiger partial charge on any atom is -0.507 e. The molecule has 1 aromatic heterocycles. The molecule has 0 spiro atoms. The van der Waals surface area contributed by atoms with Crippen LogP contribution in [0.5, 0.6) is 17.2 Å². The van der Waals surface area contributed by atoms with Crippen LogP contribution in [0.4, 0.5) is 0 Å². The predicted octanol–water partition coefficient (Wildman–Crippen LogP) is 2.89. The van der Waals surface area contributed by atoms with Gasteiger partial charge in [0, 0.05) is 10.6 Å². The van der Waals surface area contributed by atoms with E-state index in [0.29, 0.717) is 42.7 Å². The zero-order valence-corrected chi connectivity index (χ0v) is 19.8. The number of benzene rings is 2. The lowest BCUT2D eigenvalue weighted by Crippen LogP contribution is -2.39. The number of phenolic OH excluding ortho intramolecular Hbond substituents is 1. The third-order valence-electron chi connectivity index (χ3n) is 5.51. The normalized spacial score (nSPS) is 16.9. The number of carbonyl (C=O) groups is 1. The summed E-state index contributed by atoms with van der Waals surface area (Å²) in [6, 6.07) is 9.10. The van der Waals surface area contributed by atoms with Gasteiger partial charge in [-0.2, -0.15) is 0 Å². The largest absolute Gasteiger partial charge is 0.507 e. The number of fused-ring (bicyclic) bond motifs is 2. The van der Waals surface area contributed by atoms with Crippen molar-refractivity contribution in [3.8, 4) is 17.2 Å². The maximum absolute atomic E-state index is 13.6. The van der Waals surface area contributed by atoms with Crippen LogP contribution in [0.1, 0.15) is 31.0 Å². The first-order valence-electron chi connectivity index (χ1n) is 10.4. The van der Waals surface area contributed by atoms with E-state index >= 15 is 0 Å². The van der Waals surface area contributed by atoms with Gasteiger partial charge in [0.15, 0.2) is 16.3 Å². The van der Waals surface area contributed by atoms with E-state index in [0.717, 1.165) is 11.3 Å². The summed E-state index contributed by atoms with van der Waals surface area (Å²) in [5.41, 5.74) is 1.42. The first kappa shape index (κ1) is 22.2. The summed E-state index contributed by atoms with van der Waals surface area (Å²) in [5, 5.41) is 10.6. The van der Waals surface area contributed by atoms with Crippen LogP contribution in [0.15, 0.2) is 57.5 Å². The number of hydrogen-bond acceptors (Lipinski definition) is 8. The quantitative estimate of drug-likeness (QED) is 0.555. The number of halogens is 1. The summed E-state index contributed by atoms with van der Waals surface area (Å²) in [7, 11) is 0. The van der Waals surface area contributed by atoms with Gasteiger partial charge in [-0.05, 0) is 55.8 Å². The zero-order valence-electron chi connectivity index (χ0n) is 18.2. The Morgan fingerprint density at radius 2 is 2.09 bits per heavy atom. The SMILES string of the molecule is CCOC(=O)C1=C(C)N=c2sc(=Cc3cc(Cl)ccc3O)c(=O)n2C1c1ccc2c(c1)OCO2. The van der Waals surface area contributed by atoms with Crippen molar-refractivity contribution in [1.82, 2.24) is 4.57 Å². The van der Waals surface area contributed by atoms with E-state index < -0.39 is 12.0 Å². The van der Waals surface area contributed by atoms with Crippen molar-refractivity contribution in [3.63, 3.8) is 0 Å². The number of hydrogen-bond donors (Lipinski definition) is 1. The van der Waals surface area contributed by atoms with Gasteiger partial charge in [0.25, 0.3) is 5.56 Å². The summed E-state index contributed by atoms with van der Waals surface area (Å²) >= 11 is 7.22. The molecule has 3 aromatic rings. The Bertz CT molecular complexity index is 1540. The van der Waals surface area contributed by atoms with Crippen molar-refractivity contribution in [3.05, 3.63) is 83.5 Å². The van der Waals surface area contributed by atoms with Crippen LogP contribution in [0, 0.1) is 0 Å². The second-order valence-electron chi connectivity index (χ2n) is 7.62. The lowest BCUT2D eigenvalue weighted by atomic mass is 9.95. The Balaban J connectivity index is 1.74. The number of phenols is 1. The van der Waals surface area contributed by atoms with E-state index in [1.165, 1.54) is 10.6 Å². The standard InChI is InChI=1S/C24H19ClN2O6S/c1-3-31-23(30)20-12(2)26-24-27(21(20)13-4-7-17-18(9-13)33-11-32-17)22(29)19(34-24)10-14-8-15(25)5-6-16(14)28/h4-10,21,28H,3,11H2,1-2H3. The number of rotatable bonds is 4. The van der Waals surface area contributed by atoms with Crippen molar-refractivity contribution in [1.29, 1.82) is 0 Å². The lowest BCUT2D eigenvalue weighted by molar-refractivity contribution is -0.139. The predicted molar refractivity (Wildman–Crippen MR) is 126 cm³/mol. The van der Waals surface area contributed by atoms with Crippen LogP contribution in [0.3, 0.4) is 0 Å². The van der Waals surface area contributed by atoms with Crippen LogP contribution in [-0.2, 0) is 9.53 Å². The maximum atomic E-state index is 13.6. The molecule has 0 radical (unpaired) electrons. The highest BCUT2D eigenvalue weighted by Gasteiger charge is 2.34. The molecule has 2 aliphatic rings. The molecule has 10 heteroatoms. The number of thiazole rings is 1. The molecule has 8 nitrogen and oxygen atoms in total. The monoisotopic (exact) mass is 498 g/mol. The highest BCUT2D eigenvalue weighted by Crippen LogP contribution is 2.38. The topological polar surface area (TPSA) is 99.4 Å². The fourth-order valence-electron chi connectivity index (χ4n) is 3.97. The molecule has 1 N–H and O–H groups in total. The fourth-order valence-corrected chi connectivity index (χ4v) is 5.19. The van der Waals surface area contributed by atoms with Crippen molar-refractivity contribution >= 4 is 35.0 Å². The molecule has 0 amide bonds. The van der Waals surface area contributed by atoms with Crippen LogP contribution in [0.2, 0.25) is 5.02 Å². The summed E-state index contributed by atoms with van der Waals surface area (Å²) in [6.45, 7) is 3.72. The number of aromatic hydroxyl groups is 1. The van der Waals surface area contributed by atoms with E-state index in [4.69, 9.17) is 25.8 Å². The Morgan fingerprint density at radius 1 is 1.29 bits per heavy atom. The van der Waals surface area contributed by atoms with Crippen molar-refractivity contribution in [2.45, 2.75) is 19.9 Å². The minimum absolute atomic E-state index is 0.00838. The number of esters is 1. The van der Waals surface area contributed by atoms with Gasteiger partial charge in [0.1, 0.15) is 5.75 Å². The van der Waals surface area contributed by atoms with Crippen molar-refractivity contribution < 1.29 is 24.1 Å². The number of nitrogens with zero attached hydrogens (tertiary/aromatic N) is 2. The van der Waals surface area contributed by atoms with Gasteiger partial charge in [0.2, 0.25) is 6.79 Å². The molecule has 34 heavy (non-hydrogen) atoms. The van der Waals surface area contributed by atoms with Crippen LogP contribution in [-0.4, -0.2) is 29.0 Å². The molecule has 174 valence electrons. The summed E-state index contributed by atoms with van der Waals surface area (Å²) in [5.74, 6) is 0.562. The summed E-state index contributed by atoms with van der Waals surface area (Å²) in [4.78, 5) is 31.5. The van der Waals surface area contributed by atoms with Crippen molar-refractivity contribution in [2.24, 2.45) is 4.99 Å². The fraction of sp³-hybridized carbons (Fsp3) is 0.208. The highest BCUT2D eigenvalue weighted by molar-refractivity contribution is 7.07. The Labute approximate surface area is 202 Å². The molecule has 0 fully saturated rings. The molecule has 0 saturated heterocycles. The van der Waals surface area contributed by atoms with E-state index in [1.54, 1.807) is 50.3 Å². The molecule has 0 saturated carbocycles. The Kier molecular flexibility index (Phi) is 5.66. The zero-order chi connectivity index (χ0) is 24.0. The third-order valence-corrected chi connectivity index (χ3v) is 6.72. The van der Waals surface area contributed by atoms with Gasteiger partial charge in [-0.15, -0.1) is 0 Å². The first-order chi connectivity index (χ1) is 16.4. The third kappa shape index (κ3) is 3.76. The smallest absolute Gasteiger partial charge is 0.338 e. The molecular weight excluding hydrogens is 480 g/mol. The highest BCUT2D eigenvalue weighted by atomic mass is 35.5. The minimum atomic E-state index is -0.778. The summed E-state index contributed by atoms with van der Waals surface area (Å²) < 4.78 is 18.0. The molecule has 0 bridgehead atoms. The number of aromatic nitrogens is 1. The first-order valence-corrected chi connectivity index (χ1v) is 11.6. The van der Waals surface area contributed by atoms with Gasteiger partial charge in [0.05, 0.1) is 28.5 Å². The molecule has 5 rings (SSSR count). The average molecular weight is 499 g/mol. The van der Waals surface area contributed by atoms with E-state index in [2.05, 4.69) is 4.99 Å². The van der Waals surface area contributed by atoms with Crippen LogP contribution < -0.4 is 24.4 Å². The molecule has 2 aromatic carbocycles. The molecule has 1 unspecified atom stereocenters. The molecule has 3 heterocycles. The number of carbonyl (C=O) groups excluding carboxylic acids is 1. The van der Waals surface area contributed by atoms with E-state index in [-0.39, 0.29) is 30.3 Å². The average Bonchev–Trinajstić information content (AvgIpc) is 3.39. The van der Waals surface area contributed by atoms with Crippen molar-refractivity contribution in [2.75, 3.05) is 13.4 Å². The number of ether oxygens (including phenoxy) is 3. The second kappa shape index (κ2) is 8.66. The Morgan fingerprint density at radius 3 is 2.88 bits per heavy atom.